The predicted octanol–water partition coefficient (Wildman–Crippen LogP) is 6.92. The first-order valence-corrected chi connectivity index (χ1v) is 17.2. The molecule has 10 heteroatoms. The van der Waals surface area contributed by atoms with E-state index < -0.39 is 33.8 Å². The van der Waals surface area contributed by atoms with Gasteiger partial charge < -0.3 is 19.7 Å². The third-order valence-corrected chi connectivity index (χ3v) is 9.26. The summed E-state index contributed by atoms with van der Waals surface area (Å²) in [5.74, 6) is 0.660. The van der Waals surface area contributed by atoms with Crippen LogP contribution < -0.4 is 9.47 Å². The van der Waals surface area contributed by atoms with Crippen LogP contribution in [0.2, 0.25) is 0 Å². The number of sulfonamides is 1. The SMILES string of the molecule is C=CCCCCOc1cc(OCC)ccc1S(=O)(=O)N(CCCCC=C)C[C@H](O)[C@H](Cc1ccccc1)N(C(=O)O)C(C)(C)C. The molecule has 2 aromatic carbocycles. The van der Waals surface area contributed by atoms with E-state index in [1.807, 2.05) is 43.3 Å². The second-order valence-corrected chi connectivity index (χ2v) is 13.9. The molecular formula is C35H52N2O7S. The number of aliphatic hydroxyl groups excluding tert-OH is 1. The molecule has 0 saturated heterocycles. The smallest absolute Gasteiger partial charge is 0.408 e. The van der Waals surface area contributed by atoms with Crippen molar-refractivity contribution in [2.45, 2.75) is 95.2 Å². The van der Waals surface area contributed by atoms with Crippen molar-refractivity contribution in [2.24, 2.45) is 0 Å². The van der Waals surface area contributed by atoms with Gasteiger partial charge in [0, 0.05) is 24.7 Å². The number of hydrogen-bond donors (Lipinski definition) is 2. The van der Waals surface area contributed by atoms with Crippen LogP contribution in [0.4, 0.5) is 4.79 Å². The molecule has 2 rings (SSSR count). The van der Waals surface area contributed by atoms with Gasteiger partial charge in [-0.2, -0.15) is 4.31 Å². The highest BCUT2D eigenvalue weighted by Gasteiger charge is 2.40. The molecule has 1 amide bonds. The number of hydrogen-bond acceptors (Lipinski definition) is 6. The van der Waals surface area contributed by atoms with Gasteiger partial charge in [-0.1, -0.05) is 42.5 Å². The number of aliphatic hydroxyl groups is 1. The topological polar surface area (TPSA) is 117 Å². The van der Waals surface area contributed by atoms with Crippen molar-refractivity contribution in [2.75, 3.05) is 26.3 Å². The van der Waals surface area contributed by atoms with Crippen LogP contribution in [0.25, 0.3) is 0 Å². The molecule has 2 N–H and O–H groups in total. The van der Waals surface area contributed by atoms with Crippen molar-refractivity contribution in [1.82, 2.24) is 9.21 Å². The minimum Gasteiger partial charge on any atom is -0.494 e. The van der Waals surface area contributed by atoms with Gasteiger partial charge in [0.1, 0.15) is 16.4 Å². The Morgan fingerprint density at radius 1 is 0.978 bits per heavy atom. The van der Waals surface area contributed by atoms with E-state index in [9.17, 15) is 23.4 Å². The predicted molar refractivity (Wildman–Crippen MR) is 180 cm³/mol. The molecule has 0 saturated carbocycles. The summed E-state index contributed by atoms with van der Waals surface area (Å²) < 4.78 is 41.6. The molecule has 0 heterocycles. The van der Waals surface area contributed by atoms with Crippen molar-refractivity contribution in [3.05, 3.63) is 79.4 Å². The summed E-state index contributed by atoms with van der Waals surface area (Å²) in [7, 11) is -4.20. The summed E-state index contributed by atoms with van der Waals surface area (Å²) in [6.45, 7) is 15.2. The molecule has 2 atom stereocenters. The van der Waals surface area contributed by atoms with E-state index in [-0.39, 0.29) is 30.2 Å². The van der Waals surface area contributed by atoms with E-state index in [1.165, 1.54) is 15.3 Å². The molecular weight excluding hydrogens is 592 g/mol. The van der Waals surface area contributed by atoms with E-state index in [0.717, 1.165) is 18.4 Å². The lowest BCUT2D eigenvalue weighted by Gasteiger charge is -2.42. The zero-order valence-corrected chi connectivity index (χ0v) is 28.2. The summed E-state index contributed by atoms with van der Waals surface area (Å²) in [5.41, 5.74) is -0.0298. The van der Waals surface area contributed by atoms with Gasteiger partial charge >= 0.3 is 6.09 Å². The van der Waals surface area contributed by atoms with Crippen LogP contribution in [-0.4, -0.2) is 77.9 Å². The summed E-state index contributed by atoms with van der Waals surface area (Å²) in [6.07, 6.45) is 5.64. The van der Waals surface area contributed by atoms with Gasteiger partial charge in [-0.05, 0) is 90.3 Å². The first-order valence-electron chi connectivity index (χ1n) is 15.7. The highest BCUT2D eigenvalue weighted by molar-refractivity contribution is 7.89. The van der Waals surface area contributed by atoms with Crippen LogP contribution >= 0.6 is 0 Å². The number of carbonyl (C=O) groups is 1. The molecule has 0 radical (unpaired) electrons. The fourth-order valence-corrected chi connectivity index (χ4v) is 6.79. The van der Waals surface area contributed by atoms with E-state index in [1.54, 1.807) is 39.0 Å². The van der Waals surface area contributed by atoms with Gasteiger partial charge in [0.15, 0.2) is 0 Å². The first kappa shape index (κ1) is 37.8. The number of ether oxygens (including phenoxy) is 2. The quantitative estimate of drug-likeness (QED) is 0.112. The molecule has 0 aliphatic heterocycles. The minimum absolute atomic E-state index is 0.0314. The first-order chi connectivity index (χ1) is 21.4. The molecule has 250 valence electrons. The van der Waals surface area contributed by atoms with Crippen LogP contribution in [-0.2, 0) is 16.4 Å². The Balaban J connectivity index is 2.54. The zero-order chi connectivity index (χ0) is 33.5. The van der Waals surface area contributed by atoms with Crippen LogP contribution in [0.1, 0.15) is 71.8 Å². The van der Waals surface area contributed by atoms with Gasteiger partial charge in [-0.3, -0.25) is 4.90 Å². The molecule has 0 aliphatic carbocycles. The monoisotopic (exact) mass is 644 g/mol. The van der Waals surface area contributed by atoms with Crippen LogP contribution in [0, 0.1) is 0 Å². The van der Waals surface area contributed by atoms with Crippen molar-refractivity contribution in [3.8, 4) is 11.5 Å². The lowest BCUT2D eigenvalue weighted by Crippen LogP contribution is -2.58. The molecule has 9 nitrogen and oxygen atoms in total. The Hall–Kier alpha value is -3.34. The molecule has 0 aliphatic rings. The fourth-order valence-electron chi connectivity index (χ4n) is 5.18. The molecule has 45 heavy (non-hydrogen) atoms. The zero-order valence-electron chi connectivity index (χ0n) is 27.4. The van der Waals surface area contributed by atoms with Crippen LogP contribution in [0.5, 0.6) is 11.5 Å². The number of unbranched alkanes of at least 4 members (excludes halogenated alkanes) is 4. The van der Waals surface area contributed by atoms with E-state index in [0.29, 0.717) is 44.6 Å². The van der Waals surface area contributed by atoms with Crippen molar-refractivity contribution in [1.29, 1.82) is 0 Å². The van der Waals surface area contributed by atoms with Gasteiger partial charge in [0.2, 0.25) is 10.0 Å². The summed E-state index contributed by atoms with van der Waals surface area (Å²) in [5, 5.41) is 22.0. The second kappa shape index (κ2) is 18.6. The van der Waals surface area contributed by atoms with E-state index in [2.05, 4.69) is 13.2 Å². The molecule has 0 aromatic heterocycles. The van der Waals surface area contributed by atoms with Crippen molar-refractivity contribution in [3.63, 3.8) is 0 Å². The minimum atomic E-state index is -4.20. The molecule has 0 fully saturated rings. The van der Waals surface area contributed by atoms with Gasteiger partial charge in [0.05, 0.1) is 25.4 Å². The summed E-state index contributed by atoms with van der Waals surface area (Å²) in [6, 6.07) is 13.0. The number of rotatable bonds is 21. The van der Waals surface area contributed by atoms with Crippen LogP contribution in [0.15, 0.2) is 78.7 Å². The molecule has 0 bridgehead atoms. The Kier molecular flexibility index (Phi) is 15.6. The highest BCUT2D eigenvalue weighted by atomic mass is 32.2. The second-order valence-electron chi connectivity index (χ2n) is 12.0. The lowest BCUT2D eigenvalue weighted by atomic mass is 9.94. The molecule has 0 spiro atoms. The third-order valence-electron chi connectivity index (χ3n) is 7.35. The number of nitrogens with zero attached hydrogens (tertiary/aromatic N) is 2. The summed E-state index contributed by atoms with van der Waals surface area (Å²) in [4.78, 5) is 13.8. The third kappa shape index (κ3) is 11.8. The lowest BCUT2D eigenvalue weighted by molar-refractivity contribution is 0.00108. The van der Waals surface area contributed by atoms with Crippen molar-refractivity contribution < 1.29 is 32.9 Å². The van der Waals surface area contributed by atoms with E-state index in [4.69, 9.17) is 9.47 Å². The standard InChI is InChI=1S/C35H52N2O7S/c1-7-10-12-17-23-36(27-31(38)30(25-28-19-15-14-16-20-28)37(34(39)40)35(4,5)6)45(41,42)33-22-21-29(43-9-3)26-32(33)44-24-18-13-11-8-2/h7-8,14-16,19-22,26,30-31,38H,1-2,9-13,17-18,23-25,27H2,3-6H3,(H,39,40)/t30-,31-/m0/s1. The Morgan fingerprint density at radius 2 is 1.62 bits per heavy atom. The van der Waals surface area contributed by atoms with Gasteiger partial charge in [-0.25, -0.2) is 13.2 Å². The normalized spacial score (nSPS) is 13.2. The summed E-state index contributed by atoms with van der Waals surface area (Å²) >= 11 is 0. The van der Waals surface area contributed by atoms with Gasteiger partial charge in [0.25, 0.3) is 0 Å². The maximum absolute atomic E-state index is 14.4. The fraction of sp³-hybridized carbons (Fsp3) is 0.514. The Bertz CT molecular complexity index is 1310. The van der Waals surface area contributed by atoms with Crippen LogP contribution in [0.3, 0.4) is 0 Å². The highest BCUT2D eigenvalue weighted by Crippen LogP contribution is 2.32. The number of allylic oxidation sites excluding steroid dienone is 2. The number of benzene rings is 2. The number of carboxylic acid groups (broad SMARTS) is 1. The Labute approximate surface area is 270 Å². The Morgan fingerprint density at radius 3 is 2.20 bits per heavy atom. The largest absolute Gasteiger partial charge is 0.494 e. The molecule has 0 unspecified atom stereocenters. The van der Waals surface area contributed by atoms with E-state index >= 15 is 0 Å². The maximum atomic E-state index is 14.4. The number of amides is 1. The maximum Gasteiger partial charge on any atom is 0.408 e. The average molecular weight is 645 g/mol. The molecule has 2 aromatic rings. The average Bonchev–Trinajstić information content (AvgIpc) is 2.98. The van der Waals surface area contributed by atoms with Crippen molar-refractivity contribution >= 4 is 16.1 Å². The van der Waals surface area contributed by atoms with Gasteiger partial charge in [-0.15, -0.1) is 13.2 Å².